The molecule has 0 fully saturated rings. The smallest absolute Gasteiger partial charge is 0.338 e. The standard InChI is InChI=1S/C25H26ClN5O5S/c1-4-12-31-21(14-27-23(33)16-6-9-18(35-3)10-7-16)29-30-25(31)37-15-22(32)28-20-13-17(8-11-19(20)26)24(34)36-5-2/h4,6-11,13H,1,5,12,14-15H2,2-3H3,(H,27,33)(H,28,32). The first-order valence-electron chi connectivity index (χ1n) is 11.2. The summed E-state index contributed by atoms with van der Waals surface area (Å²) in [6.07, 6.45) is 1.67. The maximum atomic E-state index is 12.6. The third-order valence-electron chi connectivity index (χ3n) is 4.95. The molecule has 1 aromatic heterocycles. The Kier molecular flexibility index (Phi) is 10.1. The summed E-state index contributed by atoms with van der Waals surface area (Å²) < 4.78 is 11.8. The van der Waals surface area contributed by atoms with E-state index in [1.807, 2.05) is 0 Å². The molecule has 194 valence electrons. The zero-order valence-electron chi connectivity index (χ0n) is 20.3. The van der Waals surface area contributed by atoms with E-state index in [1.54, 1.807) is 48.9 Å². The molecular formula is C25H26ClN5O5S. The number of rotatable bonds is 12. The number of anilines is 1. The first-order valence-corrected chi connectivity index (χ1v) is 12.6. The van der Waals surface area contributed by atoms with Crippen LogP contribution < -0.4 is 15.4 Å². The number of amides is 2. The molecule has 10 nitrogen and oxygen atoms in total. The van der Waals surface area contributed by atoms with Gasteiger partial charge in [-0.05, 0) is 49.4 Å². The zero-order chi connectivity index (χ0) is 26.8. The van der Waals surface area contributed by atoms with Crippen molar-refractivity contribution in [1.82, 2.24) is 20.1 Å². The molecule has 0 radical (unpaired) electrons. The van der Waals surface area contributed by atoms with Crippen LogP contribution in [-0.2, 0) is 22.6 Å². The molecule has 0 aliphatic rings. The quantitative estimate of drug-likeness (QED) is 0.200. The van der Waals surface area contributed by atoms with Gasteiger partial charge in [-0.1, -0.05) is 29.4 Å². The van der Waals surface area contributed by atoms with Gasteiger partial charge in [0.15, 0.2) is 11.0 Å². The van der Waals surface area contributed by atoms with E-state index in [4.69, 9.17) is 21.1 Å². The number of esters is 1. The minimum Gasteiger partial charge on any atom is -0.497 e. The first kappa shape index (κ1) is 27.8. The Labute approximate surface area is 223 Å². The highest BCUT2D eigenvalue weighted by atomic mass is 35.5. The van der Waals surface area contributed by atoms with Gasteiger partial charge < -0.3 is 24.7 Å². The highest BCUT2D eigenvalue weighted by Crippen LogP contribution is 2.25. The van der Waals surface area contributed by atoms with E-state index in [-0.39, 0.29) is 41.3 Å². The highest BCUT2D eigenvalue weighted by Gasteiger charge is 2.16. The molecule has 37 heavy (non-hydrogen) atoms. The molecular weight excluding hydrogens is 518 g/mol. The van der Waals surface area contributed by atoms with Crippen LogP contribution in [0.5, 0.6) is 5.75 Å². The summed E-state index contributed by atoms with van der Waals surface area (Å²) in [6, 6.07) is 11.2. The van der Waals surface area contributed by atoms with Gasteiger partial charge >= 0.3 is 5.97 Å². The van der Waals surface area contributed by atoms with Crippen LogP contribution in [0.2, 0.25) is 5.02 Å². The molecule has 2 amide bonds. The maximum absolute atomic E-state index is 12.6. The fourth-order valence-corrected chi connectivity index (χ4v) is 4.08. The summed E-state index contributed by atoms with van der Waals surface area (Å²) in [6.45, 7) is 6.22. The minimum absolute atomic E-state index is 0.00739. The summed E-state index contributed by atoms with van der Waals surface area (Å²) in [7, 11) is 1.56. The van der Waals surface area contributed by atoms with Crippen molar-refractivity contribution in [2.75, 3.05) is 24.8 Å². The van der Waals surface area contributed by atoms with Crippen LogP contribution in [0.4, 0.5) is 5.69 Å². The predicted molar refractivity (Wildman–Crippen MR) is 141 cm³/mol. The van der Waals surface area contributed by atoms with Crippen molar-refractivity contribution in [1.29, 1.82) is 0 Å². The number of aromatic nitrogens is 3. The van der Waals surface area contributed by atoms with Crippen molar-refractivity contribution < 1.29 is 23.9 Å². The molecule has 2 N–H and O–H groups in total. The van der Waals surface area contributed by atoms with E-state index in [9.17, 15) is 14.4 Å². The number of methoxy groups -OCH3 is 1. The summed E-state index contributed by atoms with van der Waals surface area (Å²) in [5.74, 6) is 0.0414. The Morgan fingerprint density at radius 3 is 2.54 bits per heavy atom. The number of nitrogens with zero attached hydrogens (tertiary/aromatic N) is 3. The Bertz CT molecular complexity index is 1280. The fraction of sp³-hybridized carbons (Fsp3) is 0.240. The average Bonchev–Trinajstić information content (AvgIpc) is 3.29. The predicted octanol–water partition coefficient (Wildman–Crippen LogP) is 3.96. The van der Waals surface area contributed by atoms with Crippen LogP contribution in [0, 0.1) is 0 Å². The Morgan fingerprint density at radius 1 is 1.14 bits per heavy atom. The van der Waals surface area contributed by atoms with Crippen molar-refractivity contribution in [3.05, 3.63) is 77.1 Å². The van der Waals surface area contributed by atoms with Crippen LogP contribution in [0.25, 0.3) is 0 Å². The third kappa shape index (κ3) is 7.58. The molecule has 12 heteroatoms. The normalized spacial score (nSPS) is 10.5. The molecule has 0 saturated carbocycles. The maximum Gasteiger partial charge on any atom is 0.338 e. The molecule has 0 spiro atoms. The fourth-order valence-electron chi connectivity index (χ4n) is 3.15. The lowest BCUT2D eigenvalue weighted by molar-refractivity contribution is -0.113. The summed E-state index contributed by atoms with van der Waals surface area (Å²) in [5, 5.41) is 14.6. The molecule has 0 aliphatic heterocycles. The number of ether oxygens (including phenoxy) is 2. The first-order chi connectivity index (χ1) is 17.9. The minimum atomic E-state index is -0.506. The SMILES string of the molecule is C=CCn1c(CNC(=O)c2ccc(OC)cc2)nnc1SCC(=O)Nc1cc(C(=O)OCC)ccc1Cl. The van der Waals surface area contributed by atoms with Gasteiger partial charge in [0, 0.05) is 12.1 Å². The van der Waals surface area contributed by atoms with Crippen molar-refractivity contribution in [2.45, 2.75) is 25.2 Å². The average molecular weight is 544 g/mol. The lowest BCUT2D eigenvalue weighted by Crippen LogP contribution is -2.24. The Hall–Kier alpha value is -3.83. The van der Waals surface area contributed by atoms with Crippen molar-refractivity contribution >= 4 is 46.8 Å². The topological polar surface area (TPSA) is 124 Å². The molecule has 2 aromatic carbocycles. The van der Waals surface area contributed by atoms with Crippen LogP contribution in [0.1, 0.15) is 33.5 Å². The van der Waals surface area contributed by atoms with Gasteiger partial charge in [0.05, 0.1) is 42.3 Å². The van der Waals surface area contributed by atoms with Gasteiger partial charge in [-0.25, -0.2) is 4.79 Å². The van der Waals surface area contributed by atoms with Crippen LogP contribution in [-0.4, -0.2) is 52.0 Å². The van der Waals surface area contributed by atoms with Crippen LogP contribution in [0.3, 0.4) is 0 Å². The molecule has 3 rings (SSSR count). The summed E-state index contributed by atoms with van der Waals surface area (Å²) in [5.41, 5.74) is 1.06. The van der Waals surface area contributed by atoms with Crippen molar-refractivity contribution in [2.24, 2.45) is 0 Å². The second-order valence-electron chi connectivity index (χ2n) is 7.46. The van der Waals surface area contributed by atoms with Crippen LogP contribution >= 0.6 is 23.4 Å². The highest BCUT2D eigenvalue weighted by molar-refractivity contribution is 7.99. The number of nitrogens with one attached hydrogen (secondary N) is 2. The van der Waals surface area contributed by atoms with E-state index < -0.39 is 5.97 Å². The number of thioether (sulfide) groups is 1. The number of allylic oxidation sites excluding steroid dienone is 1. The van der Waals surface area contributed by atoms with E-state index in [1.165, 1.54) is 18.2 Å². The molecule has 3 aromatic rings. The number of carbonyl (C=O) groups is 3. The van der Waals surface area contributed by atoms with Crippen molar-refractivity contribution in [3.8, 4) is 5.75 Å². The van der Waals surface area contributed by atoms with Crippen molar-refractivity contribution in [3.63, 3.8) is 0 Å². The Morgan fingerprint density at radius 2 is 1.86 bits per heavy atom. The van der Waals surface area contributed by atoms with Gasteiger partial charge in [-0.15, -0.1) is 16.8 Å². The lowest BCUT2D eigenvalue weighted by Gasteiger charge is -2.10. The third-order valence-corrected chi connectivity index (χ3v) is 6.24. The molecule has 1 heterocycles. The van der Waals surface area contributed by atoms with E-state index >= 15 is 0 Å². The zero-order valence-corrected chi connectivity index (χ0v) is 21.9. The molecule has 0 saturated heterocycles. The van der Waals surface area contributed by atoms with E-state index in [0.717, 1.165) is 11.8 Å². The van der Waals surface area contributed by atoms with Gasteiger partial charge in [0.25, 0.3) is 5.91 Å². The second kappa shape index (κ2) is 13.5. The van der Waals surface area contributed by atoms with Crippen LogP contribution in [0.15, 0.2) is 60.3 Å². The monoisotopic (exact) mass is 543 g/mol. The number of carbonyl (C=O) groups excluding carboxylic acids is 3. The molecule has 0 aliphatic carbocycles. The van der Waals surface area contributed by atoms with Gasteiger partial charge in [-0.2, -0.15) is 0 Å². The lowest BCUT2D eigenvalue weighted by atomic mass is 10.2. The van der Waals surface area contributed by atoms with E-state index in [2.05, 4.69) is 27.4 Å². The number of hydrogen-bond acceptors (Lipinski definition) is 8. The number of benzene rings is 2. The van der Waals surface area contributed by atoms with Gasteiger partial charge in [0.2, 0.25) is 5.91 Å². The summed E-state index contributed by atoms with van der Waals surface area (Å²) >= 11 is 7.34. The van der Waals surface area contributed by atoms with Gasteiger partial charge in [0.1, 0.15) is 5.75 Å². The molecule has 0 atom stereocenters. The Balaban J connectivity index is 1.61. The molecule has 0 unspecified atom stereocenters. The van der Waals surface area contributed by atoms with E-state index in [0.29, 0.717) is 34.5 Å². The van der Waals surface area contributed by atoms with Gasteiger partial charge in [-0.3, -0.25) is 9.59 Å². The number of halogens is 1. The summed E-state index contributed by atoms with van der Waals surface area (Å²) in [4.78, 5) is 37.0. The molecule has 0 bridgehead atoms. The second-order valence-corrected chi connectivity index (χ2v) is 8.81. The number of hydrogen-bond donors (Lipinski definition) is 2. The largest absolute Gasteiger partial charge is 0.497 e.